The Balaban J connectivity index is 2.00. The van der Waals surface area contributed by atoms with Crippen LogP contribution in [0.25, 0.3) is 0 Å². The summed E-state index contributed by atoms with van der Waals surface area (Å²) in [5.41, 5.74) is 1.14. The number of benzene rings is 1. The molecule has 0 fully saturated rings. The Morgan fingerprint density at radius 3 is 2.41 bits per heavy atom. The molecule has 0 saturated carbocycles. The minimum Gasteiger partial charge on any atom is -0.493 e. The second-order valence-corrected chi connectivity index (χ2v) is 20.0. The van der Waals surface area contributed by atoms with E-state index in [-0.39, 0.29) is 6.09 Å². The van der Waals surface area contributed by atoms with Crippen LogP contribution in [0.1, 0.15) is 5.56 Å². The van der Waals surface area contributed by atoms with Crippen molar-refractivity contribution in [1.29, 1.82) is 0 Å². The molecule has 0 spiro atoms. The minimum atomic E-state index is -1.19. The highest BCUT2D eigenvalue weighted by Gasteiger charge is 2.23. The highest BCUT2D eigenvalue weighted by Crippen LogP contribution is 2.63. The highest BCUT2D eigenvalue weighted by molar-refractivity contribution is 9.36. The third-order valence-corrected chi connectivity index (χ3v) is 13.9. The summed E-state index contributed by atoms with van der Waals surface area (Å²) in [4.78, 5) is 14.2. The lowest BCUT2D eigenvalue weighted by Gasteiger charge is -2.18. The van der Waals surface area contributed by atoms with Crippen molar-refractivity contribution in [1.82, 2.24) is 5.32 Å². The molecular weight excluding hydrogens is 459 g/mol. The van der Waals surface area contributed by atoms with Crippen LogP contribution in [-0.2, 0) is 11.2 Å². The van der Waals surface area contributed by atoms with E-state index in [0.717, 1.165) is 28.0 Å². The van der Waals surface area contributed by atoms with Gasteiger partial charge < -0.3 is 19.5 Å². The number of carbonyl (C=O) groups is 1. The fraction of sp³-hybridized carbons (Fsp3) is 0.562. The topological polar surface area (TPSA) is 56.8 Å². The monoisotopic (exact) mass is 483 g/mol. The first-order valence-corrected chi connectivity index (χ1v) is 18.2. The van der Waals surface area contributed by atoms with E-state index in [1.54, 1.807) is 65.3 Å². The molecule has 0 aliphatic carbocycles. The van der Waals surface area contributed by atoms with Gasteiger partial charge in [-0.25, -0.2) is 4.79 Å². The molecule has 1 heterocycles. The first-order chi connectivity index (χ1) is 12.9. The number of hydrogen-bond donors (Lipinski definition) is 1. The number of rotatable bonds is 8. The summed E-state index contributed by atoms with van der Waals surface area (Å²) in [5, 5.41) is 2.85. The van der Waals surface area contributed by atoms with Crippen molar-refractivity contribution in [3.8, 4) is 11.5 Å². The standard InChI is InChI=1S/C16H25NO4S5Si/c1-19-12-10-11(6-7-17-16(18)21-8-9-27(3,4)5)14-15(13(12)20-2)23-25-26-24-22-14/h10H,6-9H2,1-5H3,(H,17,18). The van der Waals surface area contributed by atoms with E-state index in [1.807, 2.05) is 6.07 Å². The van der Waals surface area contributed by atoms with E-state index in [4.69, 9.17) is 14.2 Å². The Morgan fingerprint density at radius 2 is 1.78 bits per heavy atom. The summed E-state index contributed by atoms with van der Waals surface area (Å²) in [5.74, 6) is 1.48. The number of ether oxygens (including phenoxy) is 3. The number of fused-ring (bicyclic) bond motifs is 1. The van der Waals surface area contributed by atoms with E-state index >= 15 is 0 Å². The molecule has 27 heavy (non-hydrogen) atoms. The number of hydrogen-bond acceptors (Lipinski definition) is 9. The van der Waals surface area contributed by atoms with Crippen molar-refractivity contribution in [3.05, 3.63) is 11.6 Å². The van der Waals surface area contributed by atoms with E-state index in [1.165, 1.54) is 4.90 Å². The van der Waals surface area contributed by atoms with Crippen molar-refractivity contribution in [2.24, 2.45) is 0 Å². The lowest BCUT2D eigenvalue weighted by Crippen LogP contribution is -2.29. The van der Waals surface area contributed by atoms with Gasteiger partial charge in [0.05, 0.1) is 25.7 Å². The van der Waals surface area contributed by atoms with Gasteiger partial charge in [-0.1, -0.05) is 19.6 Å². The van der Waals surface area contributed by atoms with Crippen molar-refractivity contribution in [2.75, 3.05) is 27.4 Å². The minimum absolute atomic E-state index is 0.345. The van der Waals surface area contributed by atoms with Gasteiger partial charge in [0.2, 0.25) is 0 Å². The number of carbonyl (C=O) groups excluding carboxylic acids is 1. The predicted molar refractivity (Wildman–Crippen MR) is 125 cm³/mol. The van der Waals surface area contributed by atoms with Crippen molar-refractivity contribution in [2.45, 2.75) is 41.9 Å². The molecular formula is C16H25NO4S5Si. The van der Waals surface area contributed by atoms with Crippen molar-refractivity contribution in [3.63, 3.8) is 0 Å². The summed E-state index contributed by atoms with van der Waals surface area (Å²) in [7, 11) is 10.7. The molecule has 0 unspecified atom stereocenters. The predicted octanol–water partition coefficient (Wildman–Crippen LogP) is 6.37. The number of methoxy groups -OCH3 is 2. The van der Waals surface area contributed by atoms with E-state index in [9.17, 15) is 4.79 Å². The molecule has 0 bridgehead atoms. The maximum absolute atomic E-state index is 11.9. The fourth-order valence-corrected chi connectivity index (χ4v) is 12.2. The summed E-state index contributed by atoms with van der Waals surface area (Å²) in [6.45, 7) is 7.80. The molecule has 1 N–H and O–H groups in total. The lowest BCUT2D eigenvalue weighted by molar-refractivity contribution is 0.152. The Labute approximate surface area is 181 Å². The van der Waals surface area contributed by atoms with Crippen LogP contribution in [0.15, 0.2) is 15.9 Å². The first-order valence-electron chi connectivity index (χ1n) is 8.38. The zero-order valence-electron chi connectivity index (χ0n) is 16.1. The van der Waals surface area contributed by atoms with Crippen LogP contribution < -0.4 is 14.8 Å². The van der Waals surface area contributed by atoms with Gasteiger partial charge >= 0.3 is 6.09 Å². The second kappa shape index (κ2) is 11.3. The average molecular weight is 484 g/mol. The Morgan fingerprint density at radius 1 is 1.07 bits per heavy atom. The molecule has 5 nitrogen and oxygen atoms in total. The Bertz CT molecular complexity index is 657. The number of alkyl carbamates (subject to hydrolysis) is 1. The van der Waals surface area contributed by atoms with E-state index in [0.29, 0.717) is 19.6 Å². The van der Waals surface area contributed by atoms with Gasteiger partial charge in [-0.3, -0.25) is 0 Å². The van der Waals surface area contributed by atoms with E-state index in [2.05, 4.69) is 25.0 Å². The van der Waals surface area contributed by atoms with Crippen LogP contribution in [-0.4, -0.2) is 41.5 Å². The van der Waals surface area contributed by atoms with Crippen LogP contribution in [0.3, 0.4) is 0 Å². The molecule has 1 amide bonds. The van der Waals surface area contributed by atoms with Gasteiger partial charge in [-0.2, -0.15) is 0 Å². The second-order valence-electron chi connectivity index (χ2n) is 6.92. The molecule has 1 aliphatic rings. The van der Waals surface area contributed by atoms with Crippen molar-refractivity contribution >= 4 is 65.2 Å². The third kappa shape index (κ3) is 7.43. The average Bonchev–Trinajstić information content (AvgIpc) is 2.86. The molecule has 1 aromatic carbocycles. The zero-order chi connectivity index (χ0) is 19.9. The van der Waals surface area contributed by atoms with E-state index < -0.39 is 8.07 Å². The normalized spacial score (nSPS) is 14.1. The molecule has 0 saturated heterocycles. The van der Waals surface area contributed by atoms with Gasteiger partial charge in [-0.05, 0) is 75.2 Å². The third-order valence-electron chi connectivity index (χ3n) is 3.70. The van der Waals surface area contributed by atoms with Gasteiger partial charge in [0, 0.05) is 19.5 Å². The maximum atomic E-state index is 11.9. The molecule has 0 atom stereocenters. The van der Waals surface area contributed by atoms with Gasteiger partial charge in [0.1, 0.15) is 0 Å². The number of amides is 1. The molecule has 1 aliphatic heterocycles. The molecule has 1 aromatic rings. The Hall–Kier alpha value is 0.0569. The molecule has 11 heteroatoms. The van der Waals surface area contributed by atoms with Crippen LogP contribution >= 0.6 is 51.1 Å². The van der Waals surface area contributed by atoms with Gasteiger partial charge in [0.15, 0.2) is 11.5 Å². The SMILES string of the molecule is COc1cc(CCNC(=O)OCC[Si](C)(C)C)c2c(c1OC)SSSSS2. The van der Waals surface area contributed by atoms with Gasteiger partial charge in [-0.15, -0.1) is 0 Å². The van der Waals surface area contributed by atoms with Crippen LogP contribution in [0.5, 0.6) is 11.5 Å². The van der Waals surface area contributed by atoms with Crippen LogP contribution in [0, 0.1) is 0 Å². The fourth-order valence-electron chi connectivity index (χ4n) is 2.26. The molecule has 0 aromatic heterocycles. The lowest BCUT2D eigenvalue weighted by atomic mass is 10.1. The number of nitrogens with one attached hydrogen (secondary N) is 1. The first kappa shape index (κ1) is 23.3. The molecule has 2 rings (SSSR count). The summed E-state index contributed by atoms with van der Waals surface area (Å²) >= 11 is 0. The molecule has 152 valence electrons. The maximum Gasteiger partial charge on any atom is 0.407 e. The van der Waals surface area contributed by atoms with Crippen molar-refractivity contribution < 1.29 is 19.0 Å². The smallest absolute Gasteiger partial charge is 0.407 e. The summed E-state index contributed by atoms with van der Waals surface area (Å²) in [6.07, 6.45) is 0.359. The zero-order valence-corrected chi connectivity index (χ0v) is 21.2. The van der Waals surface area contributed by atoms with Crippen LogP contribution in [0.4, 0.5) is 4.79 Å². The largest absolute Gasteiger partial charge is 0.493 e. The van der Waals surface area contributed by atoms with Gasteiger partial charge in [0.25, 0.3) is 0 Å². The summed E-state index contributed by atoms with van der Waals surface area (Å²) < 4.78 is 16.4. The quantitative estimate of drug-likeness (QED) is 0.336. The highest BCUT2D eigenvalue weighted by atomic mass is 33.8. The Kier molecular flexibility index (Phi) is 9.76. The molecule has 0 radical (unpaired) electrons. The van der Waals surface area contributed by atoms with Crippen LogP contribution in [0.2, 0.25) is 25.7 Å². The summed E-state index contributed by atoms with van der Waals surface area (Å²) in [6, 6.07) is 2.98.